The molecule has 1 unspecified atom stereocenters. The van der Waals surface area contributed by atoms with Gasteiger partial charge in [-0.1, -0.05) is 19.3 Å². The zero-order chi connectivity index (χ0) is 21.7. The maximum Gasteiger partial charge on any atom is 0.327 e. The monoisotopic (exact) mass is 437 g/mol. The summed E-state index contributed by atoms with van der Waals surface area (Å²) in [5.41, 5.74) is -0.185. The van der Waals surface area contributed by atoms with E-state index in [2.05, 4.69) is 10.4 Å². The number of aromatic nitrogens is 2. The molecule has 1 saturated carbocycles. The maximum absolute atomic E-state index is 13.0. The predicted octanol–water partition coefficient (Wildman–Crippen LogP) is 1.09. The SMILES string of the molecule is Cc1cc(NC(=O)CN2C(=O)N(C)C3(CCCCC3)C2=O)n(C2CCS(=O)(=O)C2)n1. The zero-order valence-corrected chi connectivity index (χ0v) is 18.1. The number of amides is 4. The quantitative estimate of drug-likeness (QED) is 0.704. The van der Waals surface area contributed by atoms with Crippen molar-refractivity contribution in [1.82, 2.24) is 19.6 Å². The van der Waals surface area contributed by atoms with Crippen LogP contribution in [-0.4, -0.2) is 76.5 Å². The summed E-state index contributed by atoms with van der Waals surface area (Å²) in [6.45, 7) is 1.38. The molecule has 1 aromatic heterocycles. The van der Waals surface area contributed by atoms with Crippen molar-refractivity contribution < 1.29 is 22.8 Å². The van der Waals surface area contributed by atoms with E-state index < -0.39 is 27.3 Å². The van der Waals surface area contributed by atoms with Gasteiger partial charge in [0, 0.05) is 13.1 Å². The first kappa shape index (κ1) is 20.8. The Kier molecular flexibility index (Phi) is 5.11. The molecule has 2 saturated heterocycles. The van der Waals surface area contributed by atoms with E-state index in [1.165, 1.54) is 9.58 Å². The molecule has 11 heteroatoms. The number of aryl methyl sites for hydroxylation is 1. The van der Waals surface area contributed by atoms with Crippen LogP contribution < -0.4 is 5.32 Å². The summed E-state index contributed by atoms with van der Waals surface area (Å²) in [5, 5.41) is 7.05. The summed E-state index contributed by atoms with van der Waals surface area (Å²) in [7, 11) is -1.48. The molecule has 10 nitrogen and oxygen atoms in total. The van der Waals surface area contributed by atoms with Crippen LogP contribution >= 0.6 is 0 Å². The average Bonchev–Trinajstić information content (AvgIpc) is 3.29. The normalized spacial score (nSPS) is 25.3. The summed E-state index contributed by atoms with van der Waals surface area (Å²) < 4.78 is 25.2. The van der Waals surface area contributed by atoms with E-state index in [9.17, 15) is 22.8 Å². The molecule has 1 atom stereocenters. The number of carbonyl (C=O) groups is 3. The Morgan fingerprint density at radius 3 is 2.60 bits per heavy atom. The van der Waals surface area contributed by atoms with Crippen molar-refractivity contribution in [3.05, 3.63) is 11.8 Å². The third kappa shape index (κ3) is 3.48. The van der Waals surface area contributed by atoms with Crippen LogP contribution in [0.2, 0.25) is 0 Å². The summed E-state index contributed by atoms with van der Waals surface area (Å²) in [6, 6.07) is 0.861. The molecule has 4 amide bonds. The molecule has 4 rings (SSSR count). The maximum atomic E-state index is 13.0. The van der Waals surface area contributed by atoms with E-state index >= 15 is 0 Å². The van der Waals surface area contributed by atoms with E-state index in [4.69, 9.17) is 0 Å². The average molecular weight is 438 g/mol. The molecule has 2 aliphatic heterocycles. The lowest BCUT2D eigenvalue weighted by Gasteiger charge is -2.35. The van der Waals surface area contributed by atoms with Crippen LogP contribution in [0.4, 0.5) is 10.6 Å². The first-order valence-electron chi connectivity index (χ1n) is 10.3. The van der Waals surface area contributed by atoms with Crippen molar-refractivity contribution >= 4 is 33.5 Å². The highest BCUT2D eigenvalue weighted by Crippen LogP contribution is 2.39. The van der Waals surface area contributed by atoms with Crippen molar-refractivity contribution in [2.75, 3.05) is 30.4 Å². The topological polar surface area (TPSA) is 122 Å². The van der Waals surface area contributed by atoms with E-state index in [0.29, 0.717) is 30.8 Å². The molecule has 1 aliphatic carbocycles. The molecule has 1 N–H and O–H groups in total. The van der Waals surface area contributed by atoms with Gasteiger partial charge in [-0.3, -0.25) is 14.5 Å². The van der Waals surface area contributed by atoms with Crippen LogP contribution in [0.25, 0.3) is 0 Å². The van der Waals surface area contributed by atoms with E-state index in [-0.39, 0.29) is 30.0 Å². The number of urea groups is 1. The number of sulfone groups is 1. The van der Waals surface area contributed by atoms with Crippen molar-refractivity contribution in [1.29, 1.82) is 0 Å². The fourth-order valence-electron chi connectivity index (χ4n) is 4.85. The summed E-state index contributed by atoms with van der Waals surface area (Å²) in [4.78, 5) is 41.0. The Balaban J connectivity index is 1.48. The molecule has 30 heavy (non-hydrogen) atoms. The predicted molar refractivity (Wildman–Crippen MR) is 109 cm³/mol. The minimum absolute atomic E-state index is 0.0204. The van der Waals surface area contributed by atoms with Gasteiger partial charge in [0.05, 0.1) is 23.2 Å². The highest BCUT2D eigenvalue weighted by molar-refractivity contribution is 7.91. The lowest BCUT2D eigenvalue weighted by Crippen LogP contribution is -2.49. The number of rotatable bonds is 4. The highest BCUT2D eigenvalue weighted by atomic mass is 32.2. The molecule has 3 fully saturated rings. The third-order valence-corrected chi connectivity index (χ3v) is 8.22. The summed E-state index contributed by atoms with van der Waals surface area (Å²) >= 11 is 0. The fourth-order valence-corrected chi connectivity index (χ4v) is 6.55. The molecule has 0 bridgehead atoms. The van der Waals surface area contributed by atoms with Crippen LogP contribution in [0.1, 0.15) is 50.3 Å². The van der Waals surface area contributed by atoms with Gasteiger partial charge in [0.1, 0.15) is 17.9 Å². The molecule has 0 aromatic carbocycles. The molecular weight excluding hydrogens is 410 g/mol. The van der Waals surface area contributed by atoms with Crippen LogP contribution in [0.3, 0.4) is 0 Å². The molecule has 0 radical (unpaired) electrons. The molecule has 3 heterocycles. The first-order valence-corrected chi connectivity index (χ1v) is 12.1. The van der Waals surface area contributed by atoms with Gasteiger partial charge in [-0.05, 0) is 26.2 Å². The summed E-state index contributed by atoms with van der Waals surface area (Å²) in [6.07, 6.45) is 4.47. The lowest BCUT2D eigenvalue weighted by atomic mass is 9.81. The van der Waals surface area contributed by atoms with Crippen molar-refractivity contribution in [2.24, 2.45) is 0 Å². The number of nitrogens with one attached hydrogen (secondary N) is 1. The van der Waals surface area contributed by atoms with E-state index in [0.717, 1.165) is 24.2 Å². The van der Waals surface area contributed by atoms with Gasteiger partial charge in [0.15, 0.2) is 9.84 Å². The Bertz CT molecular complexity index is 995. The molecular formula is C19H27N5O5S. The number of hydrogen-bond donors (Lipinski definition) is 1. The largest absolute Gasteiger partial charge is 0.327 e. The fraction of sp³-hybridized carbons (Fsp3) is 0.684. The first-order chi connectivity index (χ1) is 14.1. The van der Waals surface area contributed by atoms with Gasteiger partial charge in [-0.2, -0.15) is 5.10 Å². The van der Waals surface area contributed by atoms with Crippen molar-refractivity contribution in [3.8, 4) is 0 Å². The Morgan fingerprint density at radius 2 is 1.97 bits per heavy atom. The minimum atomic E-state index is -3.11. The molecule has 1 aromatic rings. The highest BCUT2D eigenvalue weighted by Gasteiger charge is 2.55. The van der Waals surface area contributed by atoms with Gasteiger partial charge >= 0.3 is 6.03 Å². The van der Waals surface area contributed by atoms with Gasteiger partial charge in [-0.15, -0.1) is 0 Å². The van der Waals surface area contributed by atoms with Gasteiger partial charge in [0.25, 0.3) is 5.91 Å². The number of carbonyl (C=O) groups excluding carboxylic acids is 3. The van der Waals surface area contributed by atoms with Crippen LogP contribution in [-0.2, 0) is 19.4 Å². The van der Waals surface area contributed by atoms with Crippen LogP contribution in [0, 0.1) is 6.92 Å². The number of likely N-dealkylation sites (N-methyl/N-ethyl adjacent to an activating group) is 1. The summed E-state index contributed by atoms with van der Waals surface area (Å²) in [5.74, 6) is -0.376. The molecule has 3 aliphatic rings. The molecule has 164 valence electrons. The Hall–Kier alpha value is -2.43. The van der Waals surface area contributed by atoms with Crippen LogP contribution in [0.5, 0.6) is 0 Å². The van der Waals surface area contributed by atoms with Gasteiger partial charge in [-0.25, -0.2) is 17.9 Å². The Morgan fingerprint density at radius 1 is 1.27 bits per heavy atom. The smallest absolute Gasteiger partial charge is 0.313 e. The van der Waals surface area contributed by atoms with Gasteiger partial charge in [0.2, 0.25) is 5.91 Å². The van der Waals surface area contributed by atoms with Crippen LogP contribution in [0.15, 0.2) is 6.07 Å². The second kappa shape index (κ2) is 7.36. The lowest BCUT2D eigenvalue weighted by molar-refractivity contribution is -0.136. The third-order valence-electron chi connectivity index (χ3n) is 6.47. The minimum Gasteiger partial charge on any atom is -0.313 e. The van der Waals surface area contributed by atoms with Gasteiger partial charge < -0.3 is 10.2 Å². The number of anilines is 1. The number of nitrogens with zero attached hydrogens (tertiary/aromatic N) is 4. The van der Waals surface area contributed by atoms with Crippen molar-refractivity contribution in [3.63, 3.8) is 0 Å². The second-order valence-electron chi connectivity index (χ2n) is 8.55. The van der Waals surface area contributed by atoms with E-state index in [1.807, 2.05) is 0 Å². The Labute approximate surface area is 175 Å². The number of imide groups is 1. The van der Waals surface area contributed by atoms with E-state index in [1.54, 1.807) is 20.0 Å². The zero-order valence-electron chi connectivity index (χ0n) is 17.3. The molecule has 1 spiro atoms. The second-order valence-corrected chi connectivity index (χ2v) is 10.8. The van der Waals surface area contributed by atoms with Crippen molar-refractivity contribution in [2.45, 2.75) is 57.0 Å². The standard InChI is InChI=1S/C19H27N5O5S/c1-13-10-15(24(21-13)14-6-9-30(28,29)12-14)20-16(25)11-23-17(26)19(22(2)18(23)27)7-4-3-5-8-19/h10,14H,3-9,11-12H2,1-2H3,(H,20,25). The number of hydrogen-bond acceptors (Lipinski definition) is 6.